The van der Waals surface area contributed by atoms with Gasteiger partial charge in [0.15, 0.2) is 5.82 Å². The number of amides is 2. The Labute approximate surface area is 143 Å². The van der Waals surface area contributed by atoms with E-state index in [0.29, 0.717) is 24.0 Å². The second-order valence-corrected chi connectivity index (χ2v) is 7.07. The van der Waals surface area contributed by atoms with Crippen molar-refractivity contribution in [2.45, 2.75) is 58.9 Å². The van der Waals surface area contributed by atoms with Crippen LogP contribution >= 0.6 is 0 Å². The number of nitrogens with zero attached hydrogens (tertiary/aromatic N) is 3. The van der Waals surface area contributed by atoms with Gasteiger partial charge < -0.3 is 14.8 Å². The number of nitrogens with one attached hydrogen (secondary N) is 1. The molecule has 0 radical (unpaired) electrons. The lowest BCUT2D eigenvalue weighted by Crippen LogP contribution is -2.38. The van der Waals surface area contributed by atoms with Crippen LogP contribution in [0.25, 0.3) is 0 Å². The van der Waals surface area contributed by atoms with Gasteiger partial charge in [0, 0.05) is 26.2 Å². The highest BCUT2D eigenvalue weighted by atomic mass is 16.2. The third kappa shape index (κ3) is 3.32. The summed E-state index contributed by atoms with van der Waals surface area (Å²) in [6.45, 7) is 7.26. The summed E-state index contributed by atoms with van der Waals surface area (Å²) in [5.74, 6) is 0.931. The van der Waals surface area contributed by atoms with Gasteiger partial charge in [0.1, 0.15) is 5.69 Å². The molecular weight excluding hydrogens is 304 g/mol. The number of hydrogen-bond donors (Lipinski definition) is 1. The minimum Gasteiger partial charge on any atom is -0.349 e. The molecule has 3 heterocycles. The first-order valence-corrected chi connectivity index (χ1v) is 9.28. The molecule has 0 bridgehead atoms. The highest BCUT2D eigenvalue weighted by Gasteiger charge is 2.30. The summed E-state index contributed by atoms with van der Waals surface area (Å²) >= 11 is 0. The Morgan fingerprint density at radius 2 is 1.96 bits per heavy atom. The van der Waals surface area contributed by atoms with Crippen molar-refractivity contribution in [3.8, 4) is 0 Å². The van der Waals surface area contributed by atoms with Gasteiger partial charge in [0.2, 0.25) is 0 Å². The quantitative estimate of drug-likeness (QED) is 0.919. The van der Waals surface area contributed by atoms with Crippen molar-refractivity contribution in [2.75, 3.05) is 19.6 Å². The molecule has 24 heavy (non-hydrogen) atoms. The molecule has 0 atom stereocenters. The molecule has 2 aliphatic rings. The molecular formula is C18H28N4O2. The van der Waals surface area contributed by atoms with Crippen LogP contribution in [0.15, 0.2) is 0 Å². The zero-order valence-corrected chi connectivity index (χ0v) is 14.8. The monoisotopic (exact) mass is 332 g/mol. The van der Waals surface area contributed by atoms with Gasteiger partial charge in [-0.1, -0.05) is 13.8 Å². The van der Waals surface area contributed by atoms with Crippen molar-refractivity contribution < 1.29 is 9.59 Å². The number of imidazole rings is 1. The zero-order valence-electron chi connectivity index (χ0n) is 14.8. The topological polar surface area (TPSA) is 67.2 Å². The molecule has 1 aromatic rings. The summed E-state index contributed by atoms with van der Waals surface area (Å²) < 4.78 is 1.97. The van der Waals surface area contributed by atoms with Gasteiger partial charge in [-0.15, -0.1) is 0 Å². The molecule has 6 heteroatoms. The van der Waals surface area contributed by atoms with Crippen molar-refractivity contribution in [1.82, 2.24) is 19.8 Å². The summed E-state index contributed by atoms with van der Waals surface area (Å²) in [4.78, 5) is 31.8. The number of piperidine rings is 1. The second kappa shape index (κ2) is 7.36. The summed E-state index contributed by atoms with van der Waals surface area (Å²) in [5.41, 5.74) is 1.46. The first-order valence-electron chi connectivity index (χ1n) is 9.28. The number of carbonyl (C=O) groups is 2. The fourth-order valence-electron chi connectivity index (χ4n) is 3.57. The minimum atomic E-state index is -0.161. The molecule has 3 rings (SSSR count). The van der Waals surface area contributed by atoms with Crippen LogP contribution in [0.3, 0.4) is 0 Å². The molecule has 0 spiro atoms. The molecule has 6 nitrogen and oxygen atoms in total. The molecule has 0 saturated carbocycles. The zero-order chi connectivity index (χ0) is 17.1. The maximum Gasteiger partial charge on any atom is 0.287 e. The standard InChI is InChI=1S/C18H28N4O2/c1-3-9-19-17(23)16-20-15(14-6-4-5-10-22(14)16)18(24)21-11-7-13(2)8-12-21/h13H,3-12H2,1-2H3,(H,19,23). The van der Waals surface area contributed by atoms with Crippen LogP contribution < -0.4 is 5.32 Å². The average molecular weight is 332 g/mol. The molecule has 1 fully saturated rings. The van der Waals surface area contributed by atoms with E-state index in [1.807, 2.05) is 16.4 Å². The Kier molecular flexibility index (Phi) is 5.21. The Hall–Kier alpha value is -1.85. The lowest BCUT2D eigenvalue weighted by molar-refractivity contribution is 0.0690. The van der Waals surface area contributed by atoms with Crippen LogP contribution in [0.5, 0.6) is 0 Å². The smallest absolute Gasteiger partial charge is 0.287 e. The van der Waals surface area contributed by atoms with Gasteiger partial charge in [-0.2, -0.15) is 0 Å². The number of fused-ring (bicyclic) bond motifs is 1. The maximum atomic E-state index is 12.9. The highest BCUT2D eigenvalue weighted by Crippen LogP contribution is 2.24. The number of hydrogen-bond acceptors (Lipinski definition) is 3. The molecule has 132 valence electrons. The third-order valence-electron chi connectivity index (χ3n) is 5.13. The fourth-order valence-corrected chi connectivity index (χ4v) is 3.57. The summed E-state index contributed by atoms with van der Waals surface area (Å²) in [5, 5.41) is 2.89. The van der Waals surface area contributed by atoms with E-state index in [4.69, 9.17) is 0 Å². The first-order chi connectivity index (χ1) is 11.6. The summed E-state index contributed by atoms with van der Waals surface area (Å²) in [6, 6.07) is 0. The number of rotatable bonds is 4. The predicted octanol–water partition coefficient (Wildman–Crippen LogP) is 2.23. The molecule has 0 aromatic carbocycles. The van der Waals surface area contributed by atoms with Crippen molar-refractivity contribution >= 4 is 11.8 Å². The Morgan fingerprint density at radius 1 is 1.21 bits per heavy atom. The minimum absolute atomic E-state index is 0.00194. The van der Waals surface area contributed by atoms with Crippen molar-refractivity contribution in [1.29, 1.82) is 0 Å². The van der Waals surface area contributed by atoms with E-state index in [9.17, 15) is 9.59 Å². The predicted molar refractivity (Wildman–Crippen MR) is 92.1 cm³/mol. The fraction of sp³-hybridized carbons (Fsp3) is 0.722. The van der Waals surface area contributed by atoms with Crippen LogP contribution in [-0.2, 0) is 13.0 Å². The van der Waals surface area contributed by atoms with Crippen molar-refractivity contribution in [2.24, 2.45) is 5.92 Å². The van der Waals surface area contributed by atoms with E-state index in [2.05, 4.69) is 17.2 Å². The number of carbonyl (C=O) groups excluding carboxylic acids is 2. The SMILES string of the molecule is CCCNC(=O)c1nc(C(=O)N2CCC(C)CC2)c2n1CCCC2. The van der Waals surface area contributed by atoms with Crippen LogP contribution in [0.2, 0.25) is 0 Å². The van der Waals surface area contributed by atoms with Crippen molar-refractivity contribution in [3.63, 3.8) is 0 Å². The normalized spacial score (nSPS) is 18.3. The van der Waals surface area contributed by atoms with E-state index < -0.39 is 0 Å². The van der Waals surface area contributed by atoms with E-state index in [1.165, 1.54) is 0 Å². The van der Waals surface area contributed by atoms with Crippen LogP contribution in [-0.4, -0.2) is 45.9 Å². The van der Waals surface area contributed by atoms with E-state index in [0.717, 1.165) is 63.9 Å². The largest absolute Gasteiger partial charge is 0.349 e. The van der Waals surface area contributed by atoms with Gasteiger partial charge in [-0.25, -0.2) is 4.98 Å². The van der Waals surface area contributed by atoms with Gasteiger partial charge in [-0.05, 0) is 44.4 Å². The van der Waals surface area contributed by atoms with Crippen LogP contribution in [0.1, 0.15) is 72.8 Å². The van der Waals surface area contributed by atoms with Gasteiger partial charge >= 0.3 is 0 Å². The Morgan fingerprint density at radius 3 is 2.67 bits per heavy atom. The highest BCUT2D eigenvalue weighted by molar-refractivity contribution is 5.97. The molecule has 1 N–H and O–H groups in total. The van der Waals surface area contributed by atoms with Crippen molar-refractivity contribution in [3.05, 3.63) is 17.2 Å². The molecule has 1 aromatic heterocycles. The van der Waals surface area contributed by atoms with Gasteiger partial charge in [0.05, 0.1) is 5.69 Å². The van der Waals surface area contributed by atoms with E-state index in [1.54, 1.807) is 0 Å². The molecule has 0 unspecified atom stereocenters. The van der Waals surface area contributed by atoms with Gasteiger partial charge in [-0.3, -0.25) is 9.59 Å². The van der Waals surface area contributed by atoms with Gasteiger partial charge in [0.25, 0.3) is 11.8 Å². The molecule has 0 aliphatic carbocycles. The molecule has 2 amide bonds. The first kappa shape index (κ1) is 17.0. The lowest BCUT2D eigenvalue weighted by Gasteiger charge is -2.30. The number of aromatic nitrogens is 2. The summed E-state index contributed by atoms with van der Waals surface area (Å²) in [7, 11) is 0. The van der Waals surface area contributed by atoms with Crippen LogP contribution in [0.4, 0.5) is 0 Å². The Balaban J connectivity index is 1.86. The average Bonchev–Trinajstić information content (AvgIpc) is 2.99. The molecule has 1 saturated heterocycles. The lowest BCUT2D eigenvalue weighted by atomic mass is 9.98. The number of likely N-dealkylation sites (tertiary alicyclic amines) is 1. The van der Waals surface area contributed by atoms with E-state index in [-0.39, 0.29) is 11.8 Å². The Bertz CT molecular complexity index is 615. The third-order valence-corrected chi connectivity index (χ3v) is 5.13. The van der Waals surface area contributed by atoms with Crippen LogP contribution in [0, 0.1) is 5.92 Å². The molecule has 2 aliphatic heterocycles. The summed E-state index contributed by atoms with van der Waals surface area (Å²) in [6.07, 6.45) is 5.90. The second-order valence-electron chi connectivity index (χ2n) is 7.07. The maximum absolute atomic E-state index is 12.9. The van der Waals surface area contributed by atoms with E-state index >= 15 is 0 Å².